The number of benzene rings is 1. The van der Waals surface area contributed by atoms with Crippen molar-refractivity contribution in [1.82, 2.24) is 20.2 Å². The van der Waals surface area contributed by atoms with E-state index in [1.807, 2.05) is 0 Å². The summed E-state index contributed by atoms with van der Waals surface area (Å²) in [6.07, 6.45) is 3.72. The molecule has 3 N–H and O–H groups in total. The maximum Gasteiger partial charge on any atom is 0.272 e. The Kier molecular flexibility index (Phi) is 6.94. The number of halogens is 2. The number of rotatable bonds is 6. The minimum atomic E-state index is -0.472. The summed E-state index contributed by atoms with van der Waals surface area (Å²) in [6, 6.07) is 3.69. The third-order valence-electron chi connectivity index (χ3n) is 6.16. The van der Waals surface area contributed by atoms with Gasteiger partial charge in [0.25, 0.3) is 11.8 Å². The first-order valence-electron chi connectivity index (χ1n) is 10.8. The lowest BCUT2D eigenvalue weighted by Crippen LogP contribution is -2.54. The standard InChI is InChI=1S/C22H25ClFN5O4/c1-33-15-9-29(10-15)22(32)19-18(25-11-26-19)21(31)27-14-5-2-12(3-6-14)20(30)28-17-7-4-13(24)8-16(17)23/h4,7-8,11-12,14-15H,2-3,5-6,9-10H2,1H3,(H,25,26)(H,27,31)(H,28,30). The molecule has 2 aromatic rings. The van der Waals surface area contributed by atoms with Crippen LogP contribution in [0.3, 0.4) is 0 Å². The molecule has 0 unspecified atom stereocenters. The number of hydrogen-bond acceptors (Lipinski definition) is 5. The van der Waals surface area contributed by atoms with Crippen LogP contribution >= 0.6 is 11.6 Å². The molecular weight excluding hydrogens is 453 g/mol. The number of amides is 3. The molecule has 33 heavy (non-hydrogen) atoms. The second kappa shape index (κ2) is 9.88. The first-order valence-corrected chi connectivity index (χ1v) is 11.2. The highest BCUT2D eigenvalue weighted by atomic mass is 35.5. The molecule has 176 valence electrons. The van der Waals surface area contributed by atoms with Crippen molar-refractivity contribution < 1.29 is 23.5 Å². The number of nitrogens with one attached hydrogen (secondary N) is 3. The lowest BCUT2D eigenvalue weighted by Gasteiger charge is -2.37. The number of carbonyl (C=O) groups excluding carboxylic acids is 3. The molecule has 1 aromatic heterocycles. The predicted octanol–water partition coefficient (Wildman–Crippen LogP) is 2.60. The molecule has 0 bridgehead atoms. The summed E-state index contributed by atoms with van der Waals surface area (Å²) in [5.41, 5.74) is 0.589. The van der Waals surface area contributed by atoms with Crippen molar-refractivity contribution in [2.24, 2.45) is 5.92 Å². The summed E-state index contributed by atoms with van der Waals surface area (Å²) in [6.45, 7) is 0.954. The molecule has 1 saturated carbocycles. The Hall–Kier alpha value is -2.98. The number of nitrogens with zero attached hydrogens (tertiary/aromatic N) is 2. The van der Waals surface area contributed by atoms with Crippen LogP contribution in [0.25, 0.3) is 0 Å². The fourth-order valence-electron chi connectivity index (χ4n) is 4.12. The molecule has 4 rings (SSSR count). The Bertz CT molecular complexity index is 1050. The summed E-state index contributed by atoms with van der Waals surface area (Å²) in [5.74, 6) is -1.60. The van der Waals surface area contributed by atoms with Gasteiger partial charge in [-0.15, -0.1) is 0 Å². The number of methoxy groups -OCH3 is 1. The highest BCUT2D eigenvalue weighted by Gasteiger charge is 2.35. The van der Waals surface area contributed by atoms with Gasteiger partial charge in [-0.25, -0.2) is 9.37 Å². The fourth-order valence-corrected chi connectivity index (χ4v) is 4.33. The molecular formula is C22H25ClFN5O4. The number of aromatic amines is 1. The third kappa shape index (κ3) is 5.17. The zero-order valence-corrected chi connectivity index (χ0v) is 18.8. The van der Waals surface area contributed by atoms with E-state index in [1.165, 1.54) is 18.5 Å². The Labute approximate surface area is 195 Å². The van der Waals surface area contributed by atoms with Crippen molar-refractivity contribution in [2.75, 3.05) is 25.5 Å². The Morgan fingerprint density at radius 1 is 1.21 bits per heavy atom. The number of anilines is 1. The lowest BCUT2D eigenvalue weighted by molar-refractivity contribution is -0.120. The van der Waals surface area contributed by atoms with Gasteiger partial charge in [-0.05, 0) is 43.9 Å². The zero-order chi connectivity index (χ0) is 23.5. The first-order chi connectivity index (χ1) is 15.9. The quantitative estimate of drug-likeness (QED) is 0.591. The topological polar surface area (TPSA) is 116 Å². The van der Waals surface area contributed by atoms with Crippen LogP contribution in [-0.2, 0) is 9.53 Å². The van der Waals surface area contributed by atoms with E-state index in [2.05, 4.69) is 20.6 Å². The molecule has 2 fully saturated rings. The maximum absolute atomic E-state index is 13.2. The van der Waals surface area contributed by atoms with Crippen LogP contribution in [0.5, 0.6) is 0 Å². The highest BCUT2D eigenvalue weighted by Crippen LogP contribution is 2.28. The van der Waals surface area contributed by atoms with Gasteiger partial charge in [-0.1, -0.05) is 11.6 Å². The molecule has 1 aliphatic carbocycles. The van der Waals surface area contributed by atoms with Crippen molar-refractivity contribution >= 4 is 35.0 Å². The summed E-state index contributed by atoms with van der Waals surface area (Å²) in [5, 5.41) is 5.81. The van der Waals surface area contributed by atoms with Gasteiger partial charge >= 0.3 is 0 Å². The van der Waals surface area contributed by atoms with Gasteiger partial charge in [0.1, 0.15) is 11.5 Å². The van der Waals surface area contributed by atoms with Crippen molar-refractivity contribution in [1.29, 1.82) is 0 Å². The molecule has 1 saturated heterocycles. The van der Waals surface area contributed by atoms with E-state index in [0.717, 1.165) is 6.07 Å². The molecule has 3 amide bonds. The van der Waals surface area contributed by atoms with Crippen LogP contribution in [0.15, 0.2) is 24.5 Å². The molecule has 1 aliphatic heterocycles. The molecule has 9 nitrogen and oxygen atoms in total. The van der Waals surface area contributed by atoms with Gasteiger partial charge in [0.15, 0.2) is 5.69 Å². The largest absolute Gasteiger partial charge is 0.378 e. The smallest absolute Gasteiger partial charge is 0.272 e. The molecule has 0 atom stereocenters. The van der Waals surface area contributed by atoms with Crippen molar-refractivity contribution in [3.05, 3.63) is 46.8 Å². The van der Waals surface area contributed by atoms with E-state index in [0.29, 0.717) is 44.5 Å². The molecule has 1 aromatic carbocycles. The number of ether oxygens (including phenoxy) is 1. The number of carbonyl (C=O) groups is 3. The first kappa shape index (κ1) is 23.2. The van der Waals surface area contributed by atoms with Crippen molar-refractivity contribution in [2.45, 2.75) is 37.8 Å². The normalized spacial score (nSPS) is 20.8. The van der Waals surface area contributed by atoms with Crippen LogP contribution in [0.2, 0.25) is 5.02 Å². The molecule has 2 heterocycles. The monoisotopic (exact) mass is 477 g/mol. The number of hydrogen-bond donors (Lipinski definition) is 3. The average molecular weight is 478 g/mol. The molecule has 0 spiro atoms. The maximum atomic E-state index is 13.2. The Morgan fingerprint density at radius 3 is 2.61 bits per heavy atom. The highest BCUT2D eigenvalue weighted by molar-refractivity contribution is 6.33. The minimum absolute atomic E-state index is 0.0145. The second-order valence-corrected chi connectivity index (χ2v) is 8.74. The van der Waals surface area contributed by atoms with E-state index in [1.54, 1.807) is 12.0 Å². The zero-order valence-electron chi connectivity index (χ0n) is 18.1. The number of H-pyrrole nitrogens is 1. The van der Waals surface area contributed by atoms with Gasteiger partial charge in [-0.2, -0.15) is 0 Å². The fraction of sp³-hybridized carbons (Fsp3) is 0.455. The van der Waals surface area contributed by atoms with Crippen LogP contribution in [-0.4, -0.2) is 64.9 Å². The molecule has 11 heteroatoms. The van der Waals surface area contributed by atoms with E-state index < -0.39 is 11.7 Å². The summed E-state index contributed by atoms with van der Waals surface area (Å²) in [4.78, 5) is 46.3. The third-order valence-corrected chi connectivity index (χ3v) is 6.47. The Morgan fingerprint density at radius 2 is 1.94 bits per heavy atom. The predicted molar refractivity (Wildman–Crippen MR) is 119 cm³/mol. The Balaban J connectivity index is 1.28. The van der Waals surface area contributed by atoms with Gasteiger partial charge in [0.05, 0.1) is 23.1 Å². The molecule has 0 radical (unpaired) electrons. The summed E-state index contributed by atoms with van der Waals surface area (Å²) < 4.78 is 18.4. The van der Waals surface area contributed by atoms with Crippen LogP contribution in [0, 0.1) is 11.7 Å². The number of likely N-dealkylation sites (tertiary alicyclic amines) is 1. The van der Waals surface area contributed by atoms with Crippen molar-refractivity contribution in [3.63, 3.8) is 0 Å². The van der Waals surface area contributed by atoms with Gasteiger partial charge in [-0.3, -0.25) is 14.4 Å². The average Bonchev–Trinajstić information content (AvgIpc) is 3.25. The minimum Gasteiger partial charge on any atom is -0.378 e. The van der Waals surface area contributed by atoms with Gasteiger partial charge in [0, 0.05) is 32.2 Å². The van der Waals surface area contributed by atoms with E-state index >= 15 is 0 Å². The van der Waals surface area contributed by atoms with Crippen LogP contribution < -0.4 is 10.6 Å². The summed E-state index contributed by atoms with van der Waals surface area (Å²) in [7, 11) is 1.60. The lowest BCUT2D eigenvalue weighted by atomic mass is 9.85. The van der Waals surface area contributed by atoms with Crippen molar-refractivity contribution in [3.8, 4) is 0 Å². The van der Waals surface area contributed by atoms with Crippen LogP contribution in [0.1, 0.15) is 46.7 Å². The van der Waals surface area contributed by atoms with E-state index in [-0.39, 0.29) is 46.3 Å². The summed E-state index contributed by atoms with van der Waals surface area (Å²) >= 11 is 5.98. The number of aromatic nitrogens is 2. The SMILES string of the molecule is COC1CN(C(=O)c2[nH]cnc2C(=O)NC2CCC(C(=O)Nc3ccc(F)cc3Cl)CC2)C1. The van der Waals surface area contributed by atoms with Crippen LogP contribution in [0.4, 0.5) is 10.1 Å². The van der Waals surface area contributed by atoms with E-state index in [9.17, 15) is 18.8 Å². The van der Waals surface area contributed by atoms with Gasteiger partial charge in [0.2, 0.25) is 5.91 Å². The van der Waals surface area contributed by atoms with E-state index in [4.69, 9.17) is 16.3 Å². The molecule has 2 aliphatic rings. The van der Waals surface area contributed by atoms with Gasteiger partial charge < -0.3 is 25.3 Å². The number of imidazole rings is 1. The second-order valence-electron chi connectivity index (χ2n) is 8.33.